The fraction of sp³-hybridized carbons (Fsp3) is 0.312. The topological polar surface area (TPSA) is 110 Å². The summed E-state index contributed by atoms with van der Waals surface area (Å²) in [6.07, 6.45) is 2.94. The third-order valence-electron chi connectivity index (χ3n) is 4.38. The number of fused-ring (bicyclic) bond motifs is 1. The van der Waals surface area contributed by atoms with Crippen LogP contribution >= 0.6 is 0 Å². The zero-order valence-corrected chi connectivity index (χ0v) is 12.9. The highest BCUT2D eigenvalue weighted by atomic mass is 16.6. The van der Waals surface area contributed by atoms with Crippen molar-refractivity contribution in [1.82, 2.24) is 10.4 Å². The molecule has 0 saturated carbocycles. The summed E-state index contributed by atoms with van der Waals surface area (Å²) >= 11 is 0. The van der Waals surface area contributed by atoms with Crippen molar-refractivity contribution in [3.8, 4) is 0 Å². The molecule has 1 aliphatic carbocycles. The van der Waals surface area contributed by atoms with Crippen LogP contribution < -0.4 is 5.43 Å². The Labute approximate surface area is 137 Å². The standard InChI is InChI=1S/C16H15N3O5/c1-9-2-7-12-13(8-9)16(22)18(15(12)21)17-14(20)10-3-5-11(6-4-10)19(23)24/h2-6,12-13H,7-8H2,1H3,(H,17,20)/t12-,13+/m0/s1. The van der Waals surface area contributed by atoms with Crippen molar-refractivity contribution in [3.63, 3.8) is 0 Å². The maximum atomic E-state index is 12.4. The molecule has 1 aliphatic heterocycles. The summed E-state index contributed by atoms with van der Waals surface area (Å²) in [6, 6.07) is 4.93. The van der Waals surface area contributed by atoms with E-state index in [-0.39, 0.29) is 11.3 Å². The molecule has 3 rings (SSSR count). The van der Waals surface area contributed by atoms with Gasteiger partial charge in [-0.3, -0.25) is 29.9 Å². The minimum absolute atomic E-state index is 0.130. The number of nitro benzene ring substituents is 1. The lowest BCUT2D eigenvalue weighted by atomic mass is 9.82. The summed E-state index contributed by atoms with van der Waals surface area (Å²) in [6.45, 7) is 1.91. The molecule has 1 N–H and O–H groups in total. The fourth-order valence-electron chi connectivity index (χ4n) is 3.05. The van der Waals surface area contributed by atoms with Gasteiger partial charge < -0.3 is 0 Å². The number of hydrogen-bond acceptors (Lipinski definition) is 5. The molecule has 3 amide bonds. The van der Waals surface area contributed by atoms with Gasteiger partial charge in [0.1, 0.15) is 0 Å². The molecule has 0 radical (unpaired) electrons. The van der Waals surface area contributed by atoms with Crippen LogP contribution in [-0.2, 0) is 9.59 Å². The highest BCUT2D eigenvalue weighted by Crippen LogP contribution is 2.36. The van der Waals surface area contributed by atoms with E-state index in [9.17, 15) is 24.5 Å². The number of imide groups is 1. The van der Waals surface area contributed by atoms with Crippen LogP contribution in [0.4, 0.5) is 5.69 Å². The molecule has 0 unspecified atom stereocenters. The lowest BCUT2D eigenvalue weighted by molar-refractivity contribution is -0.384. The fourth-order valence-corrected chi connectivity index (χ4v) is 3.05. The van der Waals surface area contributed by atoms with Gasteiger partial charge in [0, 0.05) is 17.7 Å². The Morgan fingerprint density at radius 1 is 1.21 bits per heavy atom. The number of hydrogen-bond donors (Lipinski definition) is 1. The minimum atomic E-state index is -0.657. The first-order valence-electron chi connectivity index (χ1n) is 7.47. The molecule has 1 aromatic carbocycles. The highest BCUT2D eigenvalue weighted by Gasteiger charge is 2.49. The van der Waals surface area contributed by atoms with Gasteiger partial charge in [0.2, 0.25) is 0 Å². The van der Waals surface area contributed by atoms with E-state index in [1.54, 1.807) is 0 Å². The van der Waals surface area contributed by atoms with Crippen LogP contribution in [0.3, 0.4) is 0 Å². The molecule has 1 heterocycles. The van der Waals surface area contributed by atoms with Crippen LogP contribution in [0.5, 0.6) is 0 Å². The third-order valence-corrected chi connectivity index (χ3v) is 4.38. The SMILES string of the molecule is CC1=CC[C@@H]2C(=O)N(NC(=O)c3ccc([N+](=O)[O-])cc3)C(=O)[C@@H]2C1. The molecule has 0 spiro atoms. The number of hydrazine groups is 1. The van der Waals surface area contributed by atoms with Gasteiger partial charge in [-0.15, -0.1) is 0 Å². The van der Waals surface area contributed by atoms with Crippen molar-refractivity contribution in [2.75, 3.05) is 0 Å². The summed E-state index contributed by atoms with van der Waals surface area (Å²) in [5.41, 5.74) is 3.36. The van der Waals surface area contributed by atoms with E-state index in [4.69, 9.17) is 0 Å². The maximum absolute atomic E-state index is 12.4. The molecule has 2 aliphatic rings. The van der Waals surface area contributed by atoms with Crippen LogP contribution in [0.25, 0.3) is 0 Å². The normalized spacial score (nSPS) is 22.9. The van der Waals surface area contributed by atoms with Gasteiger partial charge in [-0.25, -0.2) is 0 Å². The predicted molar refractivity (Wildman–Crippen MR) is 82.4 cm³/mol. The summed E-state index contributed by atoms with van der Waals surface area (Å²) in [7, 11) is 0. The van der Waals surface area contributed by atoms with Gasteiger partial charge in [0.25, 0.3) is 23.4 Å². The first kappa shape index (κ1) is 15.9. The molecule has 8 nitrogen and oxygen atoms in total. The molecular weight excluding hydrogens is 314 g/mol. The number of amides is 3. The summed E-state index contributed by atoms with van der Waals surface area (Å²) < 4.78 is 0. The number of rotatable bonds is 3. The van der Waals surface area contributed by atoms with Gasteiger partial charge in [0.15, 0.2) is 0 Å². The largest absolute Gasteiger partial charge is 0.272 e. The first-order chi connectivity index (χ1) is 11.4. The van der Waals surface area contributed by atoms with Gasteiger partial charge in [-0.2, -0.15) is 5.01 Å². The van der Waals surface area contributed by atoms with Crippen LogP contribution in [0, 0.1) is 22.0 Å². The molecule has 1 aromatic rings. The van der Waals surface area contributed by atoms with E-state index in [0.29, 0.717) is 12.8 Å². The second kappa shape index (κ2) is 5.88. The highest BCUT2D eigenvalue weighted by molar-refractivity contribution is 6.08. The Morgan fingerprint density at radius 2 is 1.83 bits per heavy atom. The quantitative estimate of drug-likeness (QED) is 0.392. The van der Waals surface area contributed by atoms with E-state index < -0.39 is 34.5 Å². The van der Waals surface area contributed by atoms with Crippen LogP contribution in [0.2, 0.25) is 0 Å². The number of carbonyl (C=O) groups excluding carboxylic acids is 3. The molecule has 0 bridgehead atoms. The Morgan fingerprint density at radius 3 is 2.46 bits per heavy atom. The van der Waals surface area contributed by atoms with Crippen LogP contribution in [0.1, 0.15) is 30.1 Å². The van der Waals surface area contributed by atoms with E-state index in [2.05, 4.69) is 5.43 Å². The number of carbonyl (C=O) groups is 3. The molecule has 124 valence electrons. The second-order valence-corrected chi connectivity index (χ2v) is 5.96. The Bertz CT molecular complexity index is 768. The van der Waals surface area contributed by atoms with Gasteiger partial charge in [0.05, 0.1) is 16.8 Å². The molecular formula is C16H15N3O5. The Hall–Kier alpha value is -3.03. The molecule has 24 heavy (non-hydrogen) atoms. The van der Waals surface area contributed by atoms with Crippen molar-refractivity contribution in [1.29, 1.82) is 0 Å². The number of nitro groups is 1. The molecule has 1 fully saturated rings. The number of allylic oxidation sites excluding steroid dienone is 2. The molecule has 2 atom stereocenters. The van der Waals surface area contributed by atoms with E-state index in [1.807, 2.05) is 13.0 Å². The van der Waals surface area contributed by atoms with E-state index in [1.165, 1.54) is 24.3 Å². The van der Waals surface area contributed by atoms with Gasteiger partial charge in [-0.1, -0.05) is 11.6 Å². The lowest BCUT2D eigenvalue weighted by Crippen LogP contribution is -2.46. The maximum Gasteiger partial charge on any atom is 0.270 e. The molecule has 0 aromatic heterocycles. The smallest absolute Gasteiger partial charge is 0.270 e. The summed E-state index contributed by atoms with van der Waals surface area (Å²) in [5.74, 6) is -2.34. The molecule has 8 heteroatoms. The zero-order valence-electron chi connectivity index (χ0n) is 12.9. The predicted octanol–water partition coefficient (Wildman–Crippen LogP) is 1.58. The lowest BCUT2D eigenvalue weighted by Gasteiger charge is -2.18. The van der Waals surface area contributed by atoms with Crippen LogP contribution in [0.15, 0.2) is 35.9 Å². The number of nitrogens with one attached hydrogen (secondary N) is 1. The van der Waals surface area contributed by atoms with Crippen molar-refractivity contribution < 1.29 is 19.3 Å². The van der Waals surface area contributed by atoms with Gasteiger partial charge >= 0.3 is 0 Å². The van der Waals surface area contributed by atoms with Crippen molar-refractivity contribution in [2.45, 2.75) is 19.8 Å². The summed E-state index contributed by atoms with van der Waals surface area (Å²) in [5, 5.41) is 11.4. The van der Waals surface area contributed by atoms with E-state index >= 15 is 0 Å². The number of non-ortho nitro benzene ring substituents is 1. The van der Waals surface area contributed by atoms with Crippen molar-refractivity contribution >= 4 is 23.4 Å². The molecule has 1 saturated heterocycles. The summed E-state index contributed by atoms with van der Waals surface area (Å²) in [4.78, 5) is 47.0. The van der Waals surface area contributed by atoms with E-state index in [0.717, 1.165) is 10.6 Å². The average Bonchev–Trinajstić information content (AvgIpc) is 2.79. The van der Waals surface area contributed by atoms with Crippen molar-refractivity contribution in [2.24, 2.45) is 11.8 Å². The Balaban J connectivity index is 1.74. The number of nitrogens with zero attached hydrogens (tertiary/aromatic N) is 2. The minimum Gasteiger partial charge on any atom is -0.272 e. The first-order valence-corrected chi connectivity index (χ1v) is 7.47. The Kier molecular flexibility index (Phi) is 3.88. The van der Waals surface area contributed by atoms with Gasteiger partial charge in [-0.05, 0) is 31.9 Å². The van der Waals surface area contributed by atoms with Crippen LogP contribution in [-0.4, -0.2) is 27.7 Å². The van der Waals surface area contributed by atoms with Crippen molar-refractivity contribution in [3.05, 3.63) is 51.6 Å². The average molecular weight is 329 g/mol. The number of benzene rings is 1. The second-order valence-electron chi connectivity index (χ2n) is 5.96. The zero-order chi connectivity index (χ0) is 17.4. The monoisotopic (exact) mass is 329 g/mol. The third kappa shape index (κ3) is 2.66.